The average molecular weight is 467 g/mol. The predicted octanol–water partition coefficient (Wildman–Crippen LogP) is 3.76. The van der Waals surface area contributed by atoms with Gasteiger partial charge in [-0.05, 0) is 32.8 Å². The van der Waals surface area contributed by atoms with E-state index < -0.39 is 22.9 Å². The molecule has 1 heterocycles. The number of non-ortho nitro benzene ring substituents is 1. The Labute approximate surface area is 177 Å². The van der Waals surface area contributed by atoms with Gasteiger partial charge in [-0.25, -0.2) is 9.59 Å². The second-order valence-electron chi connectivity index (χ2n) is 6.49. The molecule has 0 saturated carbocycles. The predicted molar refractivity (Wildman–Crippen MR) is 112 cm³/mol. The SMILES string of the molecule is CCOC(=O)C1=C(c2cccc([N+](=O)[O-])c2)C(C(=O)O)=C(C)N(CCCBr)C1C. The van der Waals surface area contributed by atoms with Gasteiger partial charge in [-0.3, -0.25) is 10.1 Å². The minimum Gasteiger partial charge on any atom is -0.478 e. The fourth-order valence-corrected chi connectivity index (χ4v) is 3.77. The van der Waals surface area contributed by atoms with E-state index in [4.69, 9.17) is 4.74 Å². The zero-order valence-electron chi connectivity index (χ0n) is 16.5. The van der Waals surface area contributed by atoms with Crippen molar-refractivity contribution in [1.29, 1.82) is 0 Å². The van der Waals surface area contributed by atoms with Gasteiger partial charge in [0.25, 0.3) is 5.69 Å². The summed E-state index contributed by atoms with van der Waals surface area (Å²) in [5.74, 6) is -1.84. The molecular weight excluding hydrogens is 444 g/mol. The van der Waals surface area contributed by atoms with E-state index in [-0.39, 0.29) is 29.0 Å². The Kier molecular flexibility index (Phi) is 7.55. The van der Waals surface area contributed by atoms with Crippen molar-refractivity contribution in [3.05, 3.63) is 56.8 Å². The number of ether oxygens (including phenoxy) is 1. The van der Waals surface area contributed by atoms with Gasteiger partial charge in [0.2, 0.25) is 0 Å². The van der Waals surface area contributed by atoms with Crippen LogP contribution in [0.15, 0.2) is 41.1 Å². The van der Waals surface area contributed by atoms with Gasteiger partial charge in [0.05, 0.1) is 28.7 Å². The zero-order valence-corrected chi connectivity index (χ0v) is 18.1. The number of carbonyl (C=O) groups is 2. The van der Waals surface area contributed by atoms with Crippen LogP contribution < -0.4 is 0 Å². The van der Waals surface area contributed by atoms with Crippen LogP contribution in [0.3, 0.4) is 0 Å². The first-order valence-electron chi connectivity index (χ1n) is 9.17. The summed E-state index contributed by atoms with van der Waals surface area (Å²) in [5.41, 5.74) is 0.910. The molecule has 1 aromatic carbocycles. The number of hydrogen-bond acceptors (Lipinski definition) is 6. The Morgan fingerprint density at radius 1 is 1.38 bits per heavy atom. The van der Waals surface area contributed by atoms with Gasteiger partial charge in [-0.2, -0.15) is 0 Å². The fourth-order valence-electron chi connectivity index (χ4n) is 3.52. The molecule has 9 heteroatoms. The number of nitrogens with zero attached hydrogens (tertiary/aromatic N) is 2. The van der Waals surface area contributed by atoms with Gasteiger partial charge in [0.15, 0.2) is 0 Å². The van der Waals surface area contributed by atoms with E-state index >= 15 is 0 Å². The summed E-state index contributed by atoms with van der Waals surface area (Å²) in [6.45, 7) is 5.83. The van der Waals surface area contributed by atoms with Crippen LogP contribution in [-0.2, 0) is 14.3 Å². The van der Waals surface area contributed by atoms with E-state index in [1.54, 1.807) is 26.8 Å². The molecule has 0 bridgehead atoms. The number of nitro groups is 1. The Bertz CT molecular complexity index is 893. The normalized spacial score (nSPS) is 16.8. The van der Waals surface area contributed by atoms with Crippen molar-refractivity contribution < 1.29 is 24.4 Å². The molecule has 0 radical (unpaired) electrons. The number of allylic oxidation sites excluding steroid dienone is 1. The van der Waals surface area contributed by atoms with Crippen molar-refractivity contribution in [3.63, 3.8) is 0 Å². The quantitative estimate of drug-likeness (QED) is 0.268. The third-order valence-corrected chi connectivity index (χ3v) is 5.35. The summed E-state index contributed by atoms with van der Waals surface area (Å²) in [6.07, 6.45) is 0.747. The molecule has 1 aliphatic rings. The lowest BCUT2D eigenvalue weighted by molar-refractivity contribution is -0.384. The number of alkyl halides is 1. The molecule has 0 aliphatic carbocycles. The molecular formula is C20H23BrN2O6. The van der Waals surface area contributed by atoms with Gasteiger partial charge >= 0.3 is 11.9 Å². The van der Waals surface area contributed by atoms with E-state index in [1.807, 2.05) is 4.90 Å². The van der Waals surface area contributed by atoms with Crippen LogP contribution in [0.1, 0.15) is 32.8 Å². The lowest BCUT2D eigenvalue weighted by Crippen LogP contribution is -2.41. The molecule has 0 saturated heterocycles. The molecule has 0 amide bonds. The van der Waals surface area contributed by atoms with Crippen LogP contribution in [-0.4, -0.2) is 51.4 Å². The van der Waals surface area contributed by atoms with Crippen LogP contribution >= 0.6 is 15.9 Å². The highest BCUT2D eigenvalue weighted by Gasteiger charge is 2.38. The molecule has 2 rings (SSSR count). The van der Waals surface area contributed by atoms with Gasteiger partial charge in [0, 0.05) is 35.3 Å². The highest BCUT2D eigenvalue weighted by atomic mass is 79.9. The van der Waals surface area contributed by atoms with Crippen LogP contribution in [0, 0.1) is 10.1 Å². The number of carboxylic acid groups (broad SMARTS) is 1. The van der Waals surface area contributed by atoms with Crippen molar-refractivity contribution in [2.45, 2.75) is 33.2 Å². The molecule has 8 nitrogen and oxygen atoms in total. The highest BCUT2D eigenvalue weighted by molar-refractivity contribution is 9.09. The first-order valence-corrected chi connectivity index (χ1v) is 10.3. The number of nitro benzene ring substituents is 1. The smallest absolute Gasteiger partial charge is 0.338 e. The number of benzene rings is 1. The molecule has 1 unspecified atom stereocenters. The molecule has 1 aromatic rings. The Hall–Kier alpha value is -2.68. The maximum absolute atomic E-state index is 12.8. The van der Waals surface area contributed by atoms with Gasteiger partial charge < -0.3 is 14.7 Å². The summed E-state index contributed by atoms with van der Waals surface area (Å²) >= 11 is 3.37. The number of hydrogen-bond donors (Lipinski definition) is 1. The van der Waals surface area contributed by atoms with Crippen LogP contribution in [0.5, 0.6) is 0 Å². The first-order chi connectivity index (χ1) is 13.7. The van der Waals surface area contributed by atoms with Crippen molar-refractivity contribution in [3.8, 4) is 0 Å². The molecule has 29 heavy (non-hydrogen) atoms. The molecule has 0 fully saturated rings. The van der Waals surface area contributed by atoms with Gasteiger partial charge in [-0.1, -0.05) is 28.1 Å². The first kappa shape index (κ1) is 22.6. The Morgan fingerprint density at radius 2 is 2.07 bits per heavy atom. The van der Waals surface area contributed by atoms with E-state index in [0.717, 1.165) is 11.8 Å². The van der Waals surface area contributed by atoms with Gasteiger partial charge in [0.1, 0.15) is 0 Å². The largest absolute Gasteiger partial charge is 0.478 e. The molecule has 1 aliphatic heterocycles. The van der Waals surface area contributed by atoms with Crippen molar-refractivity contribution in [2.24, 2.45) is 0 Å². The van der Waals surface area contributed by atoms with E-state index in [9.17, 15) is 24.8 Å². The third-order valence-electron chi connectivity index (χ3n) is 4.78. The molecule has 0 spiro atoms. The maximum Gasteiger partial charge on any atom is 0.338 e. The highest BCUT2D eigenvalue weighted by Crippen LogP contribution is 2.39. The summed E-state index contributed by atoms with van der Waals surface area (Å²) in [7, 11) is 0. The lowest BCUT2D eigenvalue weighted by atomic mass is 9.84. The summed E-state index contributed by atoms with van der Waals surface area (Å²) in [6, 6.07) is 5.19. The number of rotatable bonds is 8. The standard InChI is InChI=1S/C20H23BrN2O6/c1-4-29-20(26)17-13(3)22(10-6-9-21)12(2)16(19(24)25)18(17)14-7-5-8-15(11-14)23(27)28/h5,7-8,11,13H,4,6,9-10H2,1-3H3,(H,24,25). The molecule has 1 N–H and O–H groups in total. The van der Waals surface area contributed by atoms with E-state index in [1.165, 1.54) is 18.2 Å². The maximum atomic E-state index is 12.8. The minimum atomic E-state index is -1.21. The van der Waals surface area contributed by atoms with Crippen molar-refractivity contribution in [2.75, 3.05) is 18.5 Å². The number of carboxylic acids is 1. The number of carbonyl (C=O) groups excluding carboxylic acids is 1. The Balaban J connectivity index is 2.81. The van der Waals surface area contributed by atoms with Crippen molar-refractivity contribution >= 4 is 39.1 Å². The topological polar surface area (TPSA) is 110 Å². The fraction of sp³-hybridized carbons (Fsp3) is 0.400. The number of esters is 1. The second kappa shape index (κ2) is 9.69. The summed E-state index contributed by atoms with van der Waals surface area (Å²) in [5, 5.41) is 21.9. The molecule has 0 aromatic heterocycles. The second-order valence-corrected chi connectivity index (χ2v) is 7.29. The minimum absolute atomic E-state index is 0.0544. The van der Waals surface area contributed by atoms with Crippen molar-refractivity contribution in [1.82, 2.24) is 4.90 Å². The van der Waals surface area contributed by atoms with E-state index in [2.05, 4.69) is 15.9 Å². The Morgan fingerprint density at radius 3 is 2.62 bits per heavy atom. The lowest BCUT2D eigenvalue weighted by Gasteiger charge is -2.39. The number of halogens is 1. The zero-order chi connectivity index (χ0) is 21.7. The monoisotopic (exact) mass is 466 g/mol. The van der Waals surface area contributed by atoms with E-state index in [0.29, 0.717) is 17.8 Å². The summed E-state index contributed by atoms with van der Waals surface area (Å²) in [4.78, 5) is 37.6. The molecule has 1 atom stereocenters. The van der Waals surface area contributed by atoms with Crippen LogP contribution in [0.25, 0.3) is 5.57 Å². The molecule has 156 valence electrons. The summed E-state index contributed by atoms with van der Waals surface area (Å²) < 4.78 is 5.22. The van der Waals surface area contributed by atoms with Crippen LogP contribution in [0.4, 0.5) is 5.69 Å². The average Bonchev–Trinajstić information content (AvgIpc) is 2.67. The number of aliphatic carboxylic acids is 1. The van der Waals surface area contributed by atoms with Crippen LogP contribution in [0.2, 0.25) is 0 Å². The van der Waals surface area contributed by atoms with Gasteiger partial charge in [-0.15, -0.1) is 0 Å². The third kappa shape index (κ3) is 4.67.